The van der Waals surface area contributed by atoms with E-state index in [1.54, 1.807) is 5.57 Å². The van der Waals surface area contributed by atoms with Crippen LogP contribution in [0.2, 0.25) is 0 Å². The highest BCUT2D eigenvalue weighted by Gasteiger charge is 2.65. The Labute approximate surface area is 297 Å². The lowest BCUT2D eigenvalue weighted by Crippen LogP contribution is -2.48. The van der Waals surface area contributed by atoms with Crippen LogP contribution in [0, 0.1) is 69.6 Å². The molecule has 1 N–H and O–H groups in total. The molecule has 7 aliphatic carbocycles. The van der Waals surface area contributed by atoms with Gasteiger partial charge in [-0.1, -0.05) is 131 Å². The van der Waals surface area contributed by atoms with Crippen LogP contribution in [0.15, 0.2) is 100 Å². The van der Waals surface area contributed by atoms with E-state index in [1.807, 2.05) is 11.1 Å². The highest BCUT2D eigenvalue weighted by atomic mass is 15.6. The van der Waals surface area contributed by atoms with E-state index in [2.05, 4.69) is 130 Å². The van der Waals surface area contributed by atoms with E-state index < -0.39 is 0 Å². The van der Waals surface area contributed by atoms with Gasteiger partial charge in [0.2, 0.25) is 0 Å². The average molecular weight is 659 g/mol. The van der Waals surface area contributed by atoms with E-state index in [4.69, 9.17) is 5.53 Å². The molecule has 262 valence electrons. The molecule has 1 saturated heterocycles. The normalized spacial score (nSPS) is 43.4. The molecule has 0 radical (unpaired) electrons. The standard InChI is InChI=1S/C45H62N4/c1-29-21-23-41-40(25-29)45(6)42(24-22-38-37-18-9-10-20-39(37)44(4,5)43(38)45)49(41)28-48(47-46)27-34-16-12-19-36(31(34)3)33-15-11-14-32(26-33)35-17-8-7-13-30(35)2/h7-8,10-11,13,15-17,20-21,23,26,29-32,35-37,39-42,46H,9,12,14,18-19,22,24-25,27-28H2,1-6H3. The zero-order chi connectivity index (χ0) is 34.1. The largest absolute Gasteiger partial charge is 0.274 e. The minimum atomic E-state index is 0.166. The number of likely N-dealkylation sites (tertiary alicyclic amines) is 1. The van der Waals surface area contributed by atoms with Gasteiger partial charge in [-0.25, -0.2) is 0 Å². The summed E-state index contributed by atoms with van der Waals surface area (Å²) < 4.78 is 0. The lowest BCUT2D eigenvalue weighted by atomic mass is 9.55. The van der Waals surface area contributed by atoms with Gasteiger partial charge in [0.1, 0.15) is 0 Å². The van der Waals surface area contributed by atoms with Crippen molar-refractivity contribution < 1.29 is 0 Å². The minimum Gasteiger partial charge on any atom is -0.274 e. The quantitative estimate of drug-likeness (QED) is 0.168. The van der Waals surface area contributed by atoms with Crippen molar-refractivity contribution in [2.75, 3.05) is 13.2 Å². The predicted molar refractivity (Wildman–Crippen MR) is 202 cm³/mol. The van der Waals surface area contributed by atoms with E-state index in [-0.39, 0.29) is 10.8 Å². The number of allylic oxidation sites excluding steroid dienone is 13. The highest BCUT2D eigenvalue weighted by Crippen LogP contribution is 2.69. The fourth-order valence-corrected chi connectivity index (χ4v) is 13.0. The fourth-order valence-electron chi connectivity index (χ4n) is 13.0. The Bertz CT molecular complexity index is 1570. The van der Waals surface area contributed by atoms with E-state index >= 15 is 0 Å². The number of rotatable bonds is 7. The molecule has 8 aliphatic rings. The maximum absolute atomic E-state index is 8.48. The summed E-state index contributed by atoms with van der Waals surface area (Å²) in [5.41, 5.74) is 15.5. The molecule has 12 atom stereocenters. The molecule has 1 aliphatic heterocycles. The summed E-state index contributed by atoms with van der Waals surface area (Å²) in [6.07, 6.45) is 39.2. The topological polar surface area (TPSA) is 42.7 Å². The number of hydrogen-bond donors (Lipinski definition) is 1. The predicted octanol–water partition coefficient (Wildman–Crippen LogP) is 11.0. The molecule has 0 bridgehead atoms. The summed E-state index contributed by atoms with van der Waals surface area (Å²) in [4.78, 5) is 2.82. The Morgan fingerprint density at radius 1 is 0.939 bits per heavy atom. The van der Waals surface area contributed by atoms with E-state index in [0.717, 1.165) is 32.0 Å². The van der Waals surface area contributed by atoms with E-state index in [9.17, 15) is 0 Å². The van der Waals surface area contributed by atoms with Crippen LogP contribution in [-0.4, -0.2) is 35.2 Å². The van der Waals surface area contributed by atoms with Crippen molar-refractivity contribution in [2.45, 2.75) is 105 Å². The average Bonchev–Trinajstić information content (AvgIpc) is 3.49. The van der Waals surface area contributed by atoms with Crippen molar-refractivity contribution in [1.82, 2.24) is 9.91 Å². The molecule has 4 heteroatoms. The van der Waals surface area contributed by atoms with Crippen molar-refractivity contribution in [2.24, 2.45) is 69.3 Å². The van der Waals surface area contributed by atoms with Crippen molar-refractivity contribution in [3.05, 3.63) is 95.2 Å². The molecular formula is C45H62N4. The van der Waals surface area contributed by atoms with Crippen LogP contribution >= 0.6 is 0 Å². The van der Waals surface area contributed by atoms with Gasteiger partial charge in [0.15, 0.2) is 0 Å². The molecule has 0 saturated carbocycles. The molecule has 8 rings (SSSR count). The maximum Gasteiger partial charge on any atom is 0.0907 e. The third kappa shape index (κ3) is 5.40. The van der Waals surface area contributed by atoms with Gasteiger partial charge in [-0.15, -0.1) is 0 Å². The summed E-state index contributed by atoms with van der Waals surface area (Å²) >= 11 is 0. The first-order valence-electron chi connectivity index (χ1n) is 20.0. The van der Waals surface area contributed by atoms with Crippen molar-refractivity contribution in [1.29, 1.82) is 5.53 Å². The molecule has 0 amide bonds. The number of nitrogens with zero attached hydrogens (tertiary/aromatic N) is 3. The van der Waals surface area contributed by atoms with Crippen molar-refractivity contribution >= 4 is 0 Å². The van der Waals surface area contributed by atoms with Crippen LogP contribution < -0.4 is 0 Å². The second-order valence-electron chi connectivity index (χ2n) is 18.1. The van der Waals surface area contributed by atoms with Crippen LogP contribution in [0.1, 0.15) is 92.9 Å². The van der Waals surface area contributed by atoms with Crippen molar-refractivity contribution in [3.8, 4) is 0 Å². The molecule has 4 nitrogen and oxygen atoms in total. The van der Waals surface area contributed by atoms with Gasteiger partial charge in [-0.05, 0) is 121 Å². The zero-order valence-corrected chi connectivity index (χ0v) is 31.2. The van der Waals surface area contributed by atoms with Gasteiger partial charge in [0.05, 0.1) is 13.2 Å². The van der Waals surface area contributed by atoms with E-state index in [1.165, 1.54) is 44.1 Å². The molecule has 1 fully saturated rings. The Morgan fingerprint density at radius 3 is 2.57 bits per heavy atom. The van der Waals surface area contributed by atoms with Crippen LogP contribution in [0.3, 0.4) is 0 Å². The summed E-state index contributed by atoms with van der Waals surface area (Å²) in [7, 11) is 0. The Balaban J connectivity index is 1.03. The monoisotopic (exact) mass is 658 g/mol. The number of fused-ring (bicyclic) bond motifs is 6. The van der Waals surface area contributed by atoms with Gasteiger partial charge in [-0.3, -0.25) is 9.91 Å². The first-order chi connectivity index (χ1) is 23.6. The molecule has 1 heterocycles. The molecule has 49 heavy (non-hydrogen) atoms. The van der Waals surface area contributed by atoms with Crippen LogP contribution in [-0.2, 0) is 0 Å². The summed E-state index contributed by atoms with van der Waals surface area (Å²) in [6, 6.07) is 0.914. The Kier molecular flexibility index (Phi) is 8.73. The maximum atomic E-state index is 8.48. The first kappa shape index (κ1) is 33.4. The van der Waals surface area contributed by atoms with Gasteiger partial charge in [0.25, 0.3) is 0 Å². The Morgan fingerprint density at radius 2 is 1.76 bits per heavy atom. The zero-order valence-electron chi connectivity index (χ0n) is 31.2. The smallest absolute Gasteiger partial charge is 0.0907 e. The van der Waals surface area contributed by atoms with Gasteiger partial charge in [0, 0.05) is 17.5 Å². The van der Waals surface area contributed by atoms with E-state index in [0.29, 0.717) is 59.4 Å². The van der Waals surface area contributed by atoms with Gasteiger partial charge < -0.3 is 0 Å². The molecule has 0 aromatic carbocycles. The van der Waals surface area contributed by atoms with Crippen molar-refractivity contribution in [3.63, 3.8) is 0 Å². The Hall–Kier alpha value is -2.72. The van der Waals surface area contributed by atoms with Crippen LogP contribution in [0.4, 0.5) is 0 Å². The van der Waals surface area contributed by atoms with Crippen LogP contribution in [0.25, 0.3) is 0 Å². The molecule has 0 aromatic heterocycles. The van der Waals surface area contributed by atoms with Gasteiger partial charge >= 0.3 is 0 Å². The van der Waals surface area contributed by atoms with Gasteiger partial charge in [-0.2, -0.15) is 5.53 Å². The minimum absolute atomic E-state index is 0.166. The number of nitrogens with one attached hydrogen (secondary N) is 1. The molecular weight excluding hydrogens is 597 g/mol. The second kappa shape index (κ2) is 12.8. The third-order valence-electron chi connectivity index (χ3n) is 15.2. The highest BCUT2D eigenvalue weighted by molar-refractivity contribution is 5.45. The second-order valence-corrected chi connectivity index (χ2v) is 18.1. The lowest BCUT2D eigenvalue weighted by molar-refractivity contribution is 0.0695. The molecule has 0 aromatic rings. The SMILES string of the molecule is CC1C=CC2C(C1)C1(C)C3=C(CCC1N2CN(CC1=CCCC(C2=CC(C4C=CC=CC4C)CC=C2)C1C)N=N)C1CCC=CC1C3(C)C. The summed E-state index contributed by atoms with van der Waals surface area (Å²) in [5.74, 6) is 5.39. The summed E-state index contributed by atoms with van der Waals surface area (Å²) in [5, 5.41) is 6.39. The third-order valence-corrected chi connectivity index (χ3v) is 15.2. The fraction of sp³-hybridized carbons (Fsp3) is 0.644. The lowest BCUT2D eigenvalue weighted by Gasteiger charge is -2.49. The summed E-state index contributed by atoms with van der Waals surface area (Å²) in [6.45, 7) is 16.6. The first-order valence-corrected chi connectivity index (χ1v) is 20.0. The molecule has 12 unspecified atom stereocenters. The molecule has 0 spiro atoms. The van der Waals surface area contributed by atoms with Crippen LogP contribution in [0.5, 0.6) is 0 Å². The number of hydrogen-bond acceptors (Lipinski definition) is 3.